The fourth-order valence-corrected chi connectivity index (χ4v) is 5.84. The van der Waals surface area contributed by atoms with Crippen molar-refractivity contribution in [3.63, 3.8) is 0 Å². The van der Waals surface area contributed by atoms with Crippen molar-refractivity contribution in [2.75, 3.05) is 19.8 Å². The number of rotatable bonds is 38. The quantitative estimate of drug-likeness (QED) is 0.0129. The minimum Gasteiger partial charge on any atom is -0.480 e. The summed E-state index contributed by atoms with van der Waals surface area (Å²) in [5, 5.41) is 28.8. The van der Waals surface area contributed by atoms with Gasteiger partial charge in [0.2, 0.25) is 0 Å². The van der Waals surface area contributed by atoms with E-state index < -0.39 is 69.9 Å². The van der Waals surface area contributed by atoms with Gasteiger partial charge in [-0.05, 0) is 70.6 Å². The van der Waals surface area contributed by atoms with E-state index in [2.05, 4.69) is 35.8 Å². The molecule has 0 saturated heterocycles. The van der Waals surface area contributed by atoms with E-state index in [1.165, 1.54) is 19.3 Å². The van der Waals surface area contributed by atoms with Gasteiger partial charge in [0, 0.05) is 12.8 Å². The third-order valence-corrected chi connectivity index (χ3v) is 9.45. The topological polar surface area (TPSA) is 212 Å². The first kappa shape index (κ1) is 56.3. The molecule has 0 heterocycles. The van der Waals surface area contributed by atoms with Gasteiger partial charge in [0.1, 0.15) is 12.6 Å². The number of carbonyl (C=O) groups is 3. The summed E-state index contributed by atoms with van der Waals surface area (Å²) >= 11 is 0. The Balaban J connectivity index is 4.64. The predicted molar refractivity (Wildman–Crippen MR) is 238 cm³/mol. The van der Waals surface area contributed by atoms with Crippen molar-refractivity contribution in [2.45, 2.75) is 154 Å². The highest BCUT2D eigenvalue weighted by atomic mass is 31.2. The molecule has 14 heteroatoms. The summed E-state index contributed by atoms with van der Waals surface area (Å²) in [7, 11) is -4.77. The number of phosphoric ester groups is 1. The molecule has 0 fully saturated rings. The Hall–Kier alpha value is -3.68. The third-order valence-electron chi connectivity index (χ3n) is 8.50. The summed E-state index contributed by atoms with van der Waals surface area (Å²) in [6, 6.07) is -1.56. The molecule has 0 spiro atoms. The molecular weight excluding hydrogens is 789 g/mol. The maximum atomic E-state index is 12.6. The Kier molecular flexibility index (Phi) is 37.0. The van der Waals surface area contributed by atoms with Crippen LogP contribution in [0, 0.1) is 0 Å². The summed E-state index contributed by atoms with van der Waals surface area (Å²) in [6.45, 7) is 2.37. The van der Waals surface area contributed by atoms with Crippen LogP contribution in [0.5, 0.6) is 0 Å². The van der Waals surface area contributed by atoms with Crippen LogP contribution in [-0.2, 0) is 37.5 Å². The molecule has 1 unspecified atom stereocenters. The van der Waals surface area contributed by atoms with Crippen LogP contribution in [0.4, 0.5) is 0 Å². The minimum absolute atomic E-state index is 0.0312. The number of unbranched alkanes of at least 4 members (excludes halogenated alkanes) is 8. The lowest BCUT2D eigenvalue weighted by Crippen LogP contribution is -2.34. The largest absolute Gasteiger partial charge is 0.480 e. The lowest BCUT2D eigenvalue weighted by atomic mass is 10.1. The van der Waals surface area contributed by atoms with E-state index >= 15 is 0 Å². The second-order valence-electron chi connectivity index (χ2n) is 14.1. The number of esters is 2. The van der Waals surface area contributed by atoms with Crippen LogP contribution in [0.25, 0.3) is 0 Å². The number of nitrogens with two attached hydrogens (primary N) is 1. The van der Waals surface area contributed by atoms with Crippen LogP contribution in [0.15, 0.2) is 97.2 Å². The molecule has 0 amide bonds. The molecule has 0 aromatic heterocycles. The molecule has 340 valence electrons. The van der Waals surface area contributed by atoms with Crippen LogP contribution in [0.2, 0.25) is 0 Å². The fourth-order valence-electron chi connectivity index (χ4n) is 5.06. The van der Waals surface area contributed by atoms with Gasteiger partial charge >= 0.3 is 25.7 Å². The number of aliphatic hydroxyl groups excluding tert-OH is 2. The Morgan fingerprint density at radius 2 is 1.15 bits per heavy atom. The summed E-state index contributed by atoms with van der Waals surface area (Å²) in [4.78, 5) is 45.9. The van der Waals surface area contributed by atoms with Crippen LogP contribution in [-0.4, -0.2) is 82.3 Å². The molecule has 6 N–H and O–H groups in total. The molecule has 0 aromatic rings. The van der Waals surface area contributed by atoms with Gasteiger partial charge in [0.05, 0.1) is 25.4 Å². The summed E-state index contributed by atoms with van der Waals surface area (Å²) in [5.74, 6) is -2.60. The Morgan fingerprint density at radius 3 is 1.75 bits per heavy atom. The highest BCUT2D eigenvalue weighted by Crippen LogP contribution is 2.43. The van der Waals surface area contributed by atoms with Gasteiger partial charge in [-0.2, -0.15) is 0 Å². The van der Waals surface area contributed by atoms with E-state index in [1.54, 1.807) is 36.5 Å². The summed E-state index contributed by atoms with van der Waals surface area (Å²) < 4.78 is 32.5. The first-order chi connectivity index (χ1) is 28.9. The number of aliphatic hydroxyl groups is 2. The molecule has 0 saturated carbocycles. The molecule has 13 nitrogen and oxygen atoms in total. The zero-order valence-electron chi connectivity index (χ0n) is 36.0. The molecule has 5 atom stereocenters. The van der Waals surface area contributed by atoms with Crippen molar-refractivity contribution in [1.82, 2.24) is 0 Å². The first-order valence-electron chi connectivity index (χ1n) is 21.5. The first-order valence-corrected chi connectivity index (χ1v) is 23.0. The second-order valence-corrected chi connectivity index (χ2v) is 15.6. The van der Waals surface area contributed by atoms with Crippen molar-refractivity contribution < 1.29 is 57.7 Å². The second kappa shape index (κ2) is 39.5. The van der Waals surface area contributed by atoms with E-state index in [0.29, 0.717) is 32.1 Å². The Labute approximate surface area is 359 Å². The van der Waals surface area contributed by atoms with E-state index in [9.17, 15) is 34.1 Å². The minimum atomic E-state index is -4.77. The van der Waals surface area contributed by atoms with Crippen molar-refractivity contribution in [1.29, 1.82) is 0 Å². The maximum absolute atomic E-state index is 12.6. The molecule has 0 aliphatic heterocycles. The molecule has 0 rings (SSSR count). The van der Waals surface area contributed by atoms with Crippen LogP contribution >= 0.6 is 7.82 Å². The lowest BCUT2D eigenvalue weighted by molar-refractivity contribution is -0.161. The molecule has 0 aliphatic carbocycles. The monoisotopic (exact) mass is 863 g/mol. The standard InChI is InChI=1S/C46H74NO12P/c1-3-5-7-8-9-10-11-12-13-14-15-16-17-22-30-36-45(51)59-42(38-57-60(54,55)58-39-43(47)46(52)53)37-56-44(50)35-29-21-19-18-20-26-32-41(49)34-28-24-23-27-33-40(48)31-25-6-4-2/h6,9-10,12-13,19-21,23-28,33-34,40-43,48-49H,3-5,7-8,11,14-18,22,29-32,35-39,47H2,1-2H3,(H,52,53)(H,54,55)/b10-9-,13-12-,21-19-,24-23-,25-6-,26-20-,33-27+,34-28+/t40-,41+,42-,43+/m1/s1. The van der Waals surface area contributed by atoms with Crippen molar-refractivity contribution in [3.8, 4) is 0 Å². The number of aliphatic carboxylic acids is 1. The number of carboxylic acid groups (broad SMARTS) is 1. The van der Waals surface area contributed by atoms with Crippen LogP contribution < -0.4 is 5.73 Å². The third kappa shape index (κ3) is 38.5. The number of ether oxygens (including phenoxy) is 2. The van der Waals surface area contributed by atoms with Gasteiger partial charge < -0.3 is 35.4 Å². The number of hydrogen-bond acceptors (Lipinski definition) is 11. The number of carbonyl (C=O) groups excluding carboxylic acids is 2. The fraction of sp³-hybridized carbons (Fsp3) is 0.587. The molecule has 60 heavy (non-hydrogen) atoms. The molecular formula is C46H74NO12P. The maximum Gasteiger partial charge on any atom is 0.472 e. The number of hydrogen-bond donors (Lipinski definition) is 5. The zero-order chi connectivity index (χ0) is 44.5. The van der Waals surface area contributed by atoms with E-state index in [4.69, 9.17) is 24.8 Å². The van der Waals surface area contributed by atoms with Gasteiger partial charge in [0.15, 0.2) is 6.10 Å². The molecule has 0 aliphatic rings. The Bertz CT molecular complexity index is 1420. The Morgan fingerprint density at radius 1 is 0.617 bits per heavy atom. The smallest absolute Gasteiger partial charge is 0.472 e. The van der Waals surface area contributed by atoms with Crippen LogP contribution in [0.1, 0.15) is 129 Å². The predicted octanol–water partition coefficient (Wildman–Crippen LogP) is 9.22. The van der Waals surface area contributed by atoms with E-state index in [0.717, 1.165) is 51.4 Å². The summed E-state index contributed by atoms with van der Waals surface area (Å²) in [5.41, 5.74) is 5.32. The average molecular weight is 864 g/mol. The van der Waals surface area contributed by atoms with E-state index in [-0.39, 0.29) is 12.8 Å². The number of carboxylic acids is 1. The molecule has 0 aromatic carbocycles. The highest BCUT2D eigenvalue weighted by Gasteiger charge is 2.28. The summed E-state index contributed by atoms with van der Waals surface area (Å²) in [6.07, 6.45) is 42.6. The SMILES string of the molecule is CC/C=C\C[C@@H](O)/C=C/C=C\C=C\[C@@H](O)C/C=C\C/C=C\CCC(=O)OC[C@H](COP(=O)(O)OC[C@H](N)C(=O)O)OC(=O)CCCCCCC/C=C\C/C=C\CCCCC. The number of phosphoric acid groups is 1. The van der Waals surface area contributed by atoms with Crippen LogP contribution in [0.3, 0.4) is 0 Å². The van der Waals surface area contributed by atoms with Gasteiger partial charge in [-0.15, -0.1) is 0 Å². The van der Waals surface area contributed by atoms with E-state index in [1.807, 2.05) is 43.4 Å². The molecule has 0 bridgehead atoms. The van der Waals surface area contributed by atoms with Gasteiger partial charge in [-0.1, -0.05) is 143 Å². The lowest BCUT2D eigenvalue weighted by Gasteiger charge is -2.20. The zero-order valence-corrected chi connectivity index (χ0v) is 36.9. The van der Waals surface area contributed by atoms with Crippen molar-refractivity contribution >= 4 is 25.7 Å². The van der Waals surface area contributed by atoms with Crippen molar-refractivity contribution in [2.24, 2.45) is 5.73 Å². The highest BCUT2D eigenvalue weighted by molar-refractivity contribution is 7.47. The average Bonchev–Trinajstić information content (AvgIpc) is 3.21. The van der Waals surface area contributed by atoms with Gasteiger partial charge in [-0.25, -0.2) is 4.57 Å². The van der Waals surface area contributed by atoms with Gasteiger partial charge in [0.25, 0.3) is 0 Å². The molecule has 0 radical (unpaired) electrons. The number of allylic oxidation sites excluding steroid dienone is 12. The van der Waals surface area contributed by atoms with Crippen molar-refractivity contribution in [3.05, 3.63) is 97.2 Å². The normalized spacial score (nSPS) is 15.7. The van der Waals surface area contributed by atoms with Gasteiger partial charge in [-0.3, -0.25) is 23.4 Å².